The van der Waals surface area contributed by atoms with E-state index in [0.717, 1.165) is 0 Å². The summed E-state index contributed by atoms with van der Waals surface area (Å²) < 4.78 is 27.2. The van der Waals surface area contributed by atoms with Crippen LogP contribution in [0, 0.1) is 13.8 Å². The minimum Gasteiger partial charge on any atom is -0.351 e. The molecule has 0 bridgehead atoms. The Labute approximate surface area is 180 Å². The van der Waals surface area contributed by atoms with Gasteiger partial charge in [0, 0.05) is 24.2 Å². The molecular weight excluding hydrogens is 422 g/mol. The number of aromatic amines is 1. The van der Waals surface area contributed by atoms with Gasteiger partial charge in [-0.2, -0.15) is 5.10 Å². The summed E-state index contributed by atoms with van der Waals surface area (Å²) in [7, 11) is -3.77. The van der Waals surface area contributed by atoms with Gasteiger partial charge in [-0.15, -0.1) is 0 Å². The molecule has 3 amide bonds. The van der Waals surface area contributed by atoms with Crippen molar-refractivity contribution in [3.63, 3.8) is 0 Å². The summed E-state index contributed by atoms with van der Waals surface area (Å²) in [5, 5.41) is 9.09. The molecule has 10 nitrogen and oxygen atoms in total. The zero-order chi connectivity index (χ0) is 23.1. The van der Waals surface area contributed by atoms with E-state index < -0.39 is 33.3 Å². The Balaban J connectivity index is 1.64. The predicted molar refractivity (Wildman–Crippen MR) is 112 cm³/mol. The predicted octanol–water partition coefficient (Wildman–Crippen LogP) is 1.13. The number of nitrogens with zero attached hydrogens (tertiary/aromatic N) is 2. The number of hydrogen-bond donors (Lipinski definition) is 3. The molecule has 0 spiro atoms. The molecule has 0 aliphatic carbocycles. The van der Waals surface area contributed by atoms with Crippen molar-refractivity contribution in [2.24, 2.45) is 0 Å². The van der Waals surface area contributed by atoms with E-state index in [-0.39, 0.29) is 34.7 Å². The van der Waals surface area contributed by atoms with Crippen molar-refractivity contribution < 1.29 is 22.8 Å². The number of rotatable bonds is 6. The second kappa shape index (κ2) is 7.89. The van der Waals surface area contributed by atoms with E-state index >= 15 is 0 Å². The van der Waals surface area contributed by atoms with Crippen LogP contribution in [0.15, 0.2) is 23.1 Å². The Morgan fingerprint density at radius 2 is 1.74 bits per heavy atom. The quantitative estimate of drug-likeness (QED) is 0.448. The number of nitrogens with one attached hydrogen (secondary N) is 3. The number of benzene rings is 1. The Bertz CT molecular complexity index is 1160. The second-order valence-electron chi connectivity index (χ2n) is 8.29. The fraction of sp³-hybridized carbons (Fsp3) is 0.400. The van der Waals surface area contributed by atoms with Gasteiger partial charge in [-0.25, -0.2) is 13.1 Å². The van der Waals surface area contributed by atoms with Crippen molar-refractivity contribution in [3.05, 3.63) is 46.3 Å². The third-order valence-corrected chi connectivity index (χ3v) is 6.57. The van der Waals surface area contributed by atoms with Gasteiger partial charge in [-0.1, -0.05) is 0 Å². The lowest BCUT2D eigenvalue weighted by molar-refractivity contribution is 0.0507. The summed E-state index contributed by atoms with van der Waals surface area (Å²) in [4.78, 5) is 38.9. The number of fused-ring (bicyclic) bond motifs is 1. The molecule has 0 radical (unpaired) electrons. The number of imide groups is 1. The molecule has 1 aliphatic rings. The molecule has 3 rings (SSSR count). The van der Waals surface area contributed by atoms with Gasteiger partial charge in [-0.05, 0) is 52.8 Å². The molecule has 0 saturated carbocycles. The summed E-state index contributed by atoms with van der Waals surface area (Å²) >= 11 is 0. The van der Waals surface area contributed by atoms with Crippen LogP contribution in [0.4, 0.5) is 0 Å². The number of aryl methyl sites for hydroxylation is 2. The van der Waals surface area contributed by atoms with Crippen molar-refractivity contribution in [2.45, 2.75) is 45.1 Å². The maximum absolute atomic E-state index is 12.7. The van der Waals surface area contributed by atoms with Crippen LogP contribution in [0.5, 0.6) is 0 Å². The van der Waals surface area contributed by atoms with Gasteiger partial charge in [-0.3, -0.25) is 24.4 Å². The van der Waals surface area contributed by atoms with Crippen LogP contribution in [0.25, 0.3) is 0 Å². The van der Waals surface area contributed by atoms with Crippen molar-refractivity contribution >= 4 is 27.7 Å². The first-order chi connectivity index (χ1) is 14.3. The molecule has 0 unspecified atom stereocenters. The van der Waals surface area contributed by atoms with Gasteiger partial charge < -0.3 is 5.32 Å². The molecular formula is C20H25N5O5S. The number of aromatic nitrogens is 2. The molecule has 2 aromatic rings. The number of amides is 3. The Hall–Kier alpha value is -3.05. The highest BCUT2D eigenvalue weighted by molar-refractivity contribution is 7.89. The maximum Gasteiger partial charge on any atom is 0.262 e. The highest BCUT2D eigenvalue weighted by Gasteiger charge is 2.42. The lowest BCUT2D eigenvalue weighted by Crippen LogP contribution is -2.45. The van der Waals surface area contributed by atoms with Gasteiger partial charge in [0.25, 0.3) is 17.7 Å². The summed E-state index contributed by atoms with van der Waals surface area (Å²) in [6, 6.07) is 4.32. The average Bonchev–Trinajstić information content (AvgIpc) is 3.14. The van der Waals surface area contributed by atoms with Crippen molar-refractivity contribution in [3.8, 4) is 0 Å². The van der Waals surface area contributed by atoms with Crippen LogP contribution in [0.1, 0.15) is 63.2 Å². The van der Waals surface area contributed by atoms with E-state index in [9.17, 15) is 22.8 Å². The topological polar surface area (TPSA) is 141 Å². The highest BCUT2D eigenvalue weighted by Crippen LogP contribution is 2.29. The minimum atomic E-state index is -3.77. The summed E-state index contributed by atoms with van der Waals surface area (Å²) in [6.45, 7) is 8.48. The monoisotopic (exact) mass is 447 g/mol. The lowest BCUT2D eigenvalue weighted by Gasteiger charge is -2.29. The fourth-order valence-electron chi connectivity index (χ4n) is 3.46. The lowest BCUT2D eigenvalue weighted by atomic mass is 10.1. The molecule has 166 valence electrons. The van der Waals surface area contributed by atoms with Gasteiger partial charge in [0.2, 0.25) is 10.0 Å². The average molecular weight is 448 g/mol. The normalized spacial score (nSPS) is 14.2. The van der Waals surface area contributed by atoms with Crippen molar-refractivity contribution in [1.29, 1.82) is 0 Å². The first-order valence-electron chi connectivity index (χ1n) is 9.67. The van der Waals surface area contributed by atoms with Crippen LogP contribution >= 0.6 is 0 Å². The minimum absolute atomic E-state index is 0.0295. The number of H-pyrrole nitrogens is 1. The van der Waals surface area contributed by atoms with E-state index in [1.54, 1.807) is 34.6 Å². The van der Waals surface area contributed by atoms with E-state index in [1.165, 1.54) is 23.1 Å². The molecule has 31 heavy (non-hydrogen) atoms. The Kier molecular flexibility index (Phi) is 5.76. The molecule has 1 aromatic heterocycles. The van der Waals surface area contributed by atoms with E-state index in [1.807, 2.05) is 0 Å². The number of sulfonamides is 1. The van der Waals surface area contributed by atoms with Crippen LogP contribution in [-0.4, -0.2) is 59.9 Å². The van der Waals surface area contributed by atoms with Crippen LogP contribution in [-0.2, 0) is 10.0 Å². The third kappa shape index (κ3) is 4.23. The number of hydrogen-bond acceptors (Lipinski definition) is 6. The zero-order valence-corrected chi connectivity index (χ0v) is 18.8. The standard InChI is InChI=1S/C20H25N5O5S/c1-11-16(12(2)24-23-11)31(29,30)22-9-8-21-17(26)13-6-7-14-15(10-13)19(28)25(18(14)27)20(3,4)5/h6-7,10,22H,8-9H2,1-5H3,(H,21,26)(H,23,24). The molecule has 1 aromatic carbocycles. The molecule has 1 aliphatic heterocycles. The molecule has 0 atom stereocenters. The first kappa shape index (κ1) is 22.6. The SMILES string of the molecule is Cc1n[nH]c(C)c1S(=O)(=O)NCCNC(=O)c1ccc2c(c1)C(=O)N(C(C)(C)C)C2=O. The Morgan fingerprint density at radius 1 is 1.10 bits per heavy atom. The van der Waals surface area contributed by atoms with Crippen LogP contribution in [0.3, 0.4) is 0 Å². The fourth-order valence-corrected chi connectivity index (χ4v) is 4.86. The molecule has 0 saturated heterocycles. The van der Waals surface area contributed by atoms with E-state index in [2.05, 4.69) is 20.2 Å². The third-order valence-electron chi connectivity index (χ3n) is 4.85. The van der Waals surface area contributed by atoms with Crippen molar-refractivity contribution in [1.82, 2.24) is 25.1 Å². The van der Waals surface area contributed by atoms with Gasteiger partial charge in [0.15, 0.2) is 0 Å². The van der Waals surface area contributed by atoms with Gasteiger partial charge >= 0.3 is 0 Å². The summed E-state index contributed by atoms with van der Waals surface area (Å²) in [5.74, 6) is -1.31. The molecule has 0 fully saturated rings. The number of carbonyl (C=O) groups excluding carboxylic acids is 3. The zero-order valence-electron chi connectivity index (χ0n) is 18.0. The highest BCUT2D eigenvalue weighted by atomic mass is 32.2. The van der Waals surface area contributed by atoms with Gasteiger partial charge in [0.05, 0.1) is 22.5 Å². The smallest absolute Gasteiger partial charge is 0.262 e. The molecule has 2 heterocycles. The van der Waals surface area contributed by atoms with Crippen LogP contribution < -0.4 is 10.0 Å². The number of carbonyl (C=O) groups is 3. The van der Waals surface area contributed by atoms with E-state index in [4.69, 9.17) is 0 Å². The molecule has 3 N–H and O–H groups in total. The maximum atomic E-state index is 12.7. The second-order valence-corrected chi connectivity index (χ2v) is 10.00. The largest absolute Gasteiger partial charge is 0.351 e. The van der Waals surface area contributed by atoms with Gasteiger partial charge in [0.1, 0.15) is 4.90 Å². The van der Waals surface area contributed by atoms with E-state index in [0.29, 0.717) is 11.4 Å². The van der Waals surface area contributed by atoms with Crippen LogP contribution in [0.2, 0.25) is 0 Å². The summed E-state index contributed by atoms with van der Waals surface area (Å²) in [5.41, 5.74) is 0.749. The van der Waals surface area contributed by atoms with Crippen molar-refractivity contribution in [2.75, 3.05) is 13.1 Å². The summed E-state index contributed by atoms with van der Waals surface area (Å²) in [6.07, 6.45) is 0. The first-order valence-corrected chi connectivity index (χ1v) is 11.2. The molecule has 11 heteroatoms. The Morgan fingerprint density at radius 3 is 2.32 bits per heavy atom.